The van der Waals surface area contributed by atoms with Crippen molar-refractivity contribution in [3.8, 4) is 0 Å². The molecule has 1 aromatic heterocycles. The fourth-order valence-electron chi connectivity index (χ4n) is 2.63. The van der Waals surface area contributed by atoms with Crippen molar-refractivity contribution in [3.63, 3.8) is 0 Å². The average Bonchev–Trinajstić information content (AvgIpc) is 3.23. The number of carbonyl (C=O) groups excluding carboxylic acids is 1. The molecular formula is C16H18N2O6S2. The Bertz CT molecular complexity index is 980. The number of rotatable bonds is 6. The minimum atomic E-state index is -3.71. The monoisotopic (exact) mass is 398 g/mol. The molecule has 2 N–H and O–H groups in total. The lowest BCUT2D eigenvalue weighted by Crippen LogP contribution is -2.24. The number of amides is 1. The summed E-state index contributed by atoms with van der Waals surface area (Å²) in [6.45, 7) is 0.0317. The van der Waals surface area contributed by atoms with Crippen LogP contribution in [0.15, 0.2) is 52.0 Å². The molecule has 0 radical (unpaired) electrons. The molecule has 0 unspecified atom stereocenters. The summed E-state index contributed by atoms with van der Waals surface area (Å²) in [5.41, 5.74) is 0.407. The lowest BCUT2D eigenvalue weighted by Gasteiger charge is -2.10. The molecule has 0 bridgehead atoms. The van der Waals surface area contributed by atoms with E-state index in [1.807, 2.05) is 0 Å². The van der Waals surface area contributed by atoms with Crippen molar-refractivity contribution in [3.05, 3.63) is 48.4 Å². The highest BCUT2D eigenvalue weighted by molar-refractivity contribution is 7.91. The van der Waals surface area contributed by atoms with Gasteiger partial charge in [0.15, 0.2) is 9.84 Å². The molecular weight excluding hydrogens is 380 g/mol. The van der Waals surface area contributed by atoms with Crippen molar-refractivity contribution < 1.29 is 26.0 Å². The van der Waals surface area contributed by atoms with E-state index in [2.05, 4.69) is 10.0 Å². The molecule has 1 aliphatic rings. The van der Waals surface area contributed by atoms with Crippen molar-refractivity contribution >= 4 is 31.5 Å². The number of benzene rings is 1. The number of hydrogen-bond donors (Lipinski definition) is 2. The second kappa shape index (κ2) is 7.22. The molecule has 2 aromatic rings. The number of sulfone groups is 1. The maximum Gasteiger partial charge on any atom is 0.240 e. The molecule has 140 valence electrons. The van der Waals surface area contributed by atoms with Crippen LogP contribution in [-0.4, -0.2) is 34.2 Å². The Morgan fingerprint density at radius 1 is 1.19 bits per heavy atom. The molecule has 1 fully saturated rings. The number of hydrogen-bond acceptors (Lipinski definition) is 6. The van der Waals surface area contributed by atoms with Gasteiger partial charge >= 0.3 is 0 Å². The first-order chi connectivity index (χ1) is 12.3. The Morgan fingerprint density at radius 3 is 2.50 bits per heavy atom. The van der Waals surface area contributed by atoms with Gasteiger partial charge in [-0.1, -0.05) is 0 Å². The number of sulfonamides is 1. The van der Waals surface area contributed by atoms with Gasteiger partial charge < -0.3 is 9.73 Å². The number of nitrogens with one attached hydrogen (secondary N) is 2. The second-order valence-electron chi connectivity index (χ2n) is 6.02. The first-order valence-electron chi connectivity index (χ1n) is 7.89. The third-order valence-corrected chi connectivity index (χ3v) is 7.24. The van der Waals surface area contributed by atoms with E-state index in [1.54, 1.807) is 12.1 Å². The predicted molar refractivity (Wildman–Crippen MR) is 94.6 cm³/mol. The zero-order chi connectivity index (χ0) is 18.8. The van der Waals surface area contributed by atoms with Crippen LogP contribution in [0.2, 0.25) is 0 Å². The van der Waals surface area contributed by atoms with Gasteiger partial charge in [0.05, 0.1) is 35.1 Å². The quantitative estimate of drug-likeness (QED) is 0.752. The molecule has 1 amide bonds. The van der Waals surface area contributed by atoms with Crippen LogP contribution < -0.4 is 10.0 Å². The van der Waals surface area contributed by atoms with Gasteiger partial charge in [-0.15, -0.1) is 0 Å². The zero-order valence-corrected chi connectivity index (χ0v) is 15.3. The molecule has 0 spiro atoms. The Kier molecular flexibility index (Phi) is 5.17. The highest BCUT2D eigenvalue weighted by Crippen LogP contribution is 2.21. The van der Waals surface area contributed by atoms with Crippen molar-refractivity contribution in [2.45, 2.75) is 17.9 Å². The molecule has 26 heavy (non-hydrogen) atoms. The normalized spacial score (nSPS) is 19.3. The smallest absolute Gasteiger partial charge is 0.240 e. The Morgan fingerprint density at radius 2 is 1.92 bits per heavy atom. The van der Waals surface area contributed by atoms with E-state index in [0.29, 0.717) is 17.9 Å². The zero-order valence-electron chi connectivity index (χ0n) is 13.7. The van der Waals surface area contributed by atoms with Crippen LogP contribution in [0.4, 0.5) is 5.69 Å². The fourth-order valence-corrected chi connectivity index (χ4v) is 5.36. The summed E-state index contributed by atoms with van der Waals surface area (Å²) in [6.07, 6.45) is 1.76. The van der Waals surface area contributed by atoms with Crippen LogP contribution in [0.3, 0.4) is 0 Å². The predicted octanol–water partition coefficient (Wildman–Crippen LogP) is 1.13. The van der Waals surface area contributed by atoms with E-state index >= 15 is 0 Å². The van der Waals surface area contributed by atoms with Gasteiger partial charge in [-0.25, -0.2) is 21.6 Å². The maximum atomic E-state index is 12.2. The summed E-state index contributed by atoms with van der Waals surface area (Å²) in [6, 6.07) is 8.98. The number of anilines is 1. The van der Waals surface area contributed by atoms with Crippen LogP contribution in [0, 0.1) is 5.92 Å². The van der Waals surface area contributed by atoms with E-state index in [-0.39, 0.29) is 28.9 Å². The lowest BCUT2D eigenvalue weighted by molar-refractivity contribution is -0.119. The van der Waals surface area contributed by atoms with Crippen LogP contribution in [0.1, 0.15) is 12.2 Å². The summed E-state index contributed by atoms with van der Waals surface area (Å²) < 4.78 is 54.8. The van der Waals surface area contributed by atoms with Crippen molar-refractivity contribution in [1.29, 1.82) is 0 Å². The van der Waals surface area contributed by atoms with E-state index in [4.69, 9.17) is 4.42 Å². The van der Waals surface area contributed by atoms with Crippen molar-refractivity contribution in [2.24, 2.45) is 5.92 Å². The van der Waals surface area contributed by atoms with Crippen LogP contribution >= 0.6 is 0 Å². The summed E-state index contributed by atoms with van der Waals surface area (Å²) >= 11 is 0. The molecule has 1 aliphatic heterocycles. The molecule has 8 nitrogen and oxygen atoms in total. The summed E-state index contributed by atoms with van der Waals surface area (Å²) in [7, 11) is -6.85. The van der Waals surface area contributed by atoms with E-state index in [0.717, 1.165) is 0 Å². The number of carbonyl (C=O) groups is 1. The SMILES string of the molecule is O=C(Nc1ccc(S(=O)(=O)NCc2ccco2)cc1)[C@@H]1CCS(=O)(=O)C1. The molecule has 1 aromatic carbocycles. The van der Waals surface area contributed by atoms with Gasteiger partial charge in [0.1, 0.15) is 5.76 Å². The van der Waals surface area contributed by atoms with Gasteiger partial charge in [-0.2, -0.15) is 0 Å². The molecule has 10 heteroatoms. The summed E-state index contributed by atoms with van der Waals surface area (Å²) in [5, 5.41) is 2.62. The van der Waals surface area contributed by atoms with Gasteiger partial charge in [0.2, 0.25) is 15.9 Å². The van der Waals surface area contributed by atoms with Crippen LogP contribution in [-0.2, 0) is 31.2 Å². The molecule has 0 aliphatic carbocycles. The van der Waals surface area contributed by atoms with Crippen molar-refractivity contribution in [1.82, 2.24) is 4.72 Å². The van der Waals surface area contributed by atoms with Crippen LogP contribution in [0.25, 0.3) is 0 Å². The highest BCUT2D eigenvalue weighted by Gasteiger charge is 2.32. The standard InChI is InChI=1S/C16H18N2O6S2/c19-16(12-7-9-25(20,21)11-12)18-13-3-5-15(6-4-13)26(22,23)17-10-14-2-1-8-24-14/h1-6,8,12,17H,7,9-11H2,(H,18,19)/t12-/m1/s1. The Balaban J connectivity index is 1.61. The third kappa shape index (κ3) is 4.51. The average molecular weight is 398 g/mol. The molecule has 1 saturated heterocycles. The topological polar surface area (TPSA) is 123 Å². The largest absolute Gasteiger partial charge is 0.468 e. The van der Waals surface area contributed by atoms with E-state index in [9.17, 15) is 21.6 Å². The molecule has 2 heterocycles. The second-order valence-corrected chi connectivity index (χ2v) is 10.0. The van der Waals surface area contributed by atoms with E-state index in [1.165, 1.54) is 30.5 Å². The lowest BCUT2D eigenvalue weighted by atomic mass is 10.1. The minimum Gasteiger partial charge on any atom is -0.468 e. The van der Waals surface area contributed by atoms with Gasteiger partial charge in [0, 0.05) is 5.69 Å². The maximum absolute atomic E-state index is 12.2. The molecule has 0 saturated carbocycles. The van der Waals surface area contributed by atoms with Crippen molar-refractivity contribution in [2.75, 3.05) is 16.8 Å². The Hall–Kier alpha value is -2.17. The summed E-state index contributed by atoms with van der Waals surface area (Å²) in [4.78, 5) is 12.1. The van der Waals surface area contributed by atoms with E-state index < -0.39 is 25.8 Å². The molecule has 3 rings (SSSR count). The first-order valence-corrected chi connectivity index (χ1v) is 11.2. The van der Waals surface area contributed by atoms with Gasteiger partial charge in [0.25, 0.3) is 0 Å². The summed E-state index contributed by atoms with van der Waals surface area (Å²) in [5.74, 6) is -0.592. The first kappa shape index (κ1) is 18.6. The Labute approximate surface area is 151 Å². The van der Waals surface area contributed by atoms with Crippen LogP contribution in [0.5, 0.6) is 0 Å². The fraction of sp³-hybridized carbons (Fsp3) is 0.312. The third-order valence-electron chi connectivity index (χ3n) is 4.05. The minimum absolute atomic E-state index is 0.0175. The van der Waals surface area contributed by atoms with Gasteiger partial charge in [-0.3, -0.25) is 4.79 Å². The highest BCUT2D eigenvalue weighted by atomic mass is 32.2. The number of furan rings is 1. The molecule has 1 atom stereocenters. The van der Waals surface area contributed by atoms with Gasteiger partial charge in [-0.05, 0) is 42.8 Å².